The molecule has 1 N–H and O–H groups in total. The van der Waals surface area contributed by atoms with Gasteiger partial charge in [-0.3, -0.25) is 4.79 Å². The Kier molecular flexibility index (Phi) is 4.23. The second-order valence-electron chi connectivity index (χ2n) is 5.24. The molecule has 0 spiro atoms. The molecule has 1 unspecified atom stereocenters. The average Bonchev–Trinajstić information content (AvgIpc) is 2.36. The summed E-state index contributed by atoms with van der Waals surface area (Å²) < 4.78 is 6.33. The number of aliphatic hydroxyl groups is 1. The zero-order chi connectivity index (χ0) is 14.0. The van der Waals surface area contributed by atoms with E-state index < -0.39 is 5.60 Å². The molecule has 0 bridgehead atoms. The molecule has 1 atom stereocenters. The lowest BCUT2D eigenvalue weighted by Crippen LogP contribution is -2.55. The van der Waals surface area contributed by atoms with Gasteiger partial charge in [-0.1, -0.05) is 0 Å². The summed E-state index contributed by atoms with van der Waals surface area (Å²) >= 11 is 3.26. The van der Waals surface area contributed by atoms with Crippen LogP contribution in [0.1, 0.15) is 24.2 Å². The van der Waals surface area contributed by atoms with E-state index in [-0.39, 0.29) is 18.6 Å². The van der Waals surface area contributed by atoms with Crippen molar-refractivity contribution in [1.29, 1.82) is 0 Å². The Labute approximate surface area is 120 Å². The van der Waals surface area contributed by atoms with Crippen LogP contribution in [0, 0.1) is 0 Å². The number of hydrogen-bond acceptors (Lipinski definition) is 4. The first-order valence-electron chi connectivity index (χ1n) is 6.11. The molecule has 1 saturated heterocycles. The second kappa shape index (κ2) is 5.56. The third kappa shape index (κ3) is 3.52. The Morgan fingerprint density at radius 3 is 3.05 bits per heavy atom. The molecule has 6 heteroatoms. The van der Waals surface area contributed by atoms with E-state index in [9.17, 15) is 9.90 Å². The number of ether oxygens (including phenoxy) is 1. The molecule has 5 nitrogen and oxygen atoms in total. The summed E-state index contributed by atoms with van der Waals surface area (Å²) in [6.45, 7) is 4.64. The first kappa shape index (κ1) is 14.4. The Hall–Kier alpha value is -0.980. The van der Waals surface area contributed by atoms with E-state index in [1.54, 1.807) is 23.2 Å². The van der Waals surface area contributed by atoms with E-state index in [1.807, 2.05) is 13.8 Å². The van der Waals surface area contributed by atoms with E-state index in [1.165, 1.54) is 0 Å². The number of hydrogen-bond donors (Lipinski definition) is 1. The molecule has 104 valence electrons. The Morgan fingerprint density at radius 2 is 2.42 bits per heavy atom. The topological polar surface area (TPSA) is 62.7 Å². The van der Waals surface area contributed by atoms with Crippen LogP contribution in [-0.2, 0) is 4.74 Å². The van der Waals surface area contributed by atoms with Gasteiger partial charge in [0.1, 0.15) is 4.60 Å². The smallest absolute Gasteiger partial charge is 0.254 e. The number of aliphatic hydroxyl groups excluding tert-OH is 1. The molecule has 2 heterocycles. The fraction of sp³-hybridized carbons (Fsp3) is 0.538. The predicted octanol–water partition coefficient (Wildman–Crippen LogP) is 1.46. The Bertz CT molecular complexity index is 479. The summed E-state index contributed by atoms with van der Waals surface area (Å²) in [5, 5.41) is 9.26. The highest BCUT2D eigenvalue weighted by Gasteiger charge is 2.35. The lowest BCUT2D eigenvalue weighted by Gasteiger charge is -2.42. The quantitative estimate of drug-likeness (QED) is 0.835. The van der Waals surface area contributed by atoms with Gasteiger partial charge in [-0.15, -0.1) is 0 Å². The summed E-state index contributed by atoms with van der Waals surface area (Å²) in [4.78, 5) is 18.2. The Balaban J connectivity index is 2.18. The molecule has 1 aliphatic heterocycles. The van der Waals surface area contributed by atoms with Crippen LogP contribution in [0.2, 0.25) is 0 Å². The Morgan fingerprint density at radius 1 is 1.68 bits per heavy atom. The summed E-state index contributed by atoms with van der Waals surface area (Å²) in [5.74, 6) is -0.0714. The van der Waals surface area contributed by atoms with Gasteiger partial charge in [0.05, 0.1) is 18.3 Å². The zero-order valence-electron chi connectivity index (χ0n) is 11.0. The van der Waals surface area contributed by atoms with Crippen molar-refractivity contribution in [3.63, 3.8) is 0 Å². The van der Waals surface area contributed by atoms with Gasteiger partial charge in [-0.05, 0) is 41.9 Å². The average molecular weight is 329 g/mol. The predicted molar refractivity (Wildman–Crippen MR) is 73.9 cm³/mol. The van der Waals surface area contributed by atoms with Crippen molar-refractivity contribution in [1.82, 2.24) is 9.88 Å². The fourth-order valence-corrected chi connectivity index (χ4v) is 2.63. The van der Waals surface area contributed by atoms with Crippen molar-refractivity contribution in [2.75, 3.05) is 19.7 Å². The van der Waals surface area contributed by atoms with Crippen molar-refractivity contribution in [3.8, 4) is 0 Å². The largest absolute Gasteiger partial charge is 0.394 e. The van der Waals surface area contributed by atoms with Crippen LogP contribution in [0.25, 0.3) is 0 Å². The SMILES string of the molecule is CC1(C)CN(C(=O)c2ccnc(Br)c2)CC(CO)O1. The second-order valence-corrected chi connectivity index (χ2v) is 6.05. The van der Waals surface area contributed by atoms with Crippen LogP contribution in [0.4, 0.5) is 0 Å². The molecule has 1 amide bonds. The summed E-state index contributed by atoms with van der Waals surface area (Å²) in [6, 6.07) is 3.38. The minimum Gasteiger partial charge on any atom is -0.394 e. The number of halogens is 1. The number of rotatable bonds is 2. The van der Waals surface area contributed by atoms with Crippen LogP contribution in [-0.4, -0.2) is 52.3 Å². The van der Waals surface area contributed by atoms with E-state index in [0.717, 1.165) is 0 Å². The lowest BCUT2D eigenvalue weighted by atomic mass is 10.0. The van der Waals surface area contributed by atoms with E-state index in [2.05, 4.69) is 20.9 Å². The van der Waals surface area contributed by atoms with Crippen molar-refractivity contribution in [2.45, 2.75) is 25.6 Å². The van der Waals surface area contributed by atoms with Gasteiger partial charge < -0.3 is 14.7 Å². The molecule has 19 heavy (non-hydrogen) atoms. The van der Waals surface area contributed by atoms with Gasteiger partial charge >= 0.3 is 0 Å². The number of nitrogens with zero attached hydrogens (tertiary/aromatic N) is 2. The van der Waals surface area contributed by atoms with Crippen LogP contribution in [0.5, 0.6) is 0 Å². The maximum atomic E-state index is 12.4. The third-order valence-electron chi connectivity index (χ3n) is 2.95. The van der Waals surface area contributed by atoms with Crippen LogP contribution in [0.3, 0.4) is 0 Å². The van der Waals surface area contributed by atoms with E-state index in [4.69, 9.17) is 4.74 Å². The first-order chi connectivity index (χ1) is 8.91. The van der Waals surface area contributed by atoms with Crippen molar-refractivity contribution < 1.29 is 14.6 Å². The van der Waals surface area contributed by atoms with Gasteiger partial charge in [0.2, 0.25) is 0 Å². The monoisotopic (exact) mass is 328 g/mol. The van der Waals surface area contributed by atoms with E-state index >= 15 is 0 Å². The fourth-order valence-electron chi connectivity index (χ4n) is 2.26. The number of pyridine rings is 1. The normalized spacial score (nSPS) is 22.3. The molecule has 0 radical (unpaired) electrons. The molecule has 1 aliphatic rings. The number of carbonyl (C=O) groups is 1. The van der Waals surface area contributed by atoms with Gasteiger partial charge in [0, 0.05) is 24.8 Å². The summed E-state index contributed by atoms with van der Waals surface area (Å²) in [6.07, 6.45) is 1.25. The molecule has 0 aliphatic carbocycles. The lowest BCUT2D eigenvalue weighted by molar-refractivity contribution is -0.139. The van der Waals surface area contributed by atoms with Gasteiger partial charge in [0.15, 0.2) is 0 Å². The third-order valence-corrected chi connectivity index (χ3v) is 3.38. The van der Waals surface area contributed by atoms with Crippen LogP contribution in [0.15, 0.2) is 22.9 Å². The van der Waals surface area contributed by atoms with E-state index in [0.29, 0.717) is 23.3 Å². The summed E-state index contributed by atoms with van der Waals surface area (Å²) in [5.41, 5.74) is 0.127. The highest BCUT2D eigenvalue weighted by molar-refractivity contribution is 9.10. The van der Waals surface area contributed by atoms with Gasteiger partial charge in [-0.2, -0.15) is 0 Å². The molecule has 1 aromatic rings. The molecular weight excluding hydrogens is 312 g/mol. The molecule has 1 fully saturated rings. The number of aromatic nitrogens is 1. The number of carbonyl (C=O) groups excluding carboxylic acids is 1. The molecular formula is C13H17BrN2O3. The standard InChI is InChI=1S/C13H17BrN2O3/c1-13(2)8-16(6-10(7-17)19-13)12(18)9-3-4-15-11(14)5-9/h3-5,10,17H,6-8H2,1-2H3. The minimum absolute atomic E-state index is 0.0714. The van der Waals surface area contributed by atoms with Crippen molar-refractivity contribution >= 4 is 21.8 Å². The van der Waals surface area contributed by atoms with Crippen LogP contribution < -0.4 is 0 Å². The van der Waals surface area contributed by atoms with Crippen LogP contribution >= 0.6 is 15.9 Å². The molecule has 0 aromatic carbocycles. The van der Waals surface area contributed by atoms with Crippen molar-refractivity contribution in [3.05, 3.63) is 28.5 Å². The maximum absolute atomic E-state index is 12.4. The highest BCUT2D eigenvalue weighted by Crippen LogP contribution is 2.22. The number of morpholine rings is 1. The number of amides is 1. The zero-order valence-corrected chi connectivity index (χ0v) is 12.6. The van der Waals surface area contributed by atoms with Gasteiger partial charge in [0.25, 0.3) is 5.91 Å². The maximum Gasteiger partial charge on any atom is 0.254 e. The van der Waals surface area contributed by atoms with Gasteiger partial charge in [-0.25, -0.2) is 4.98 Å². The molecule has 1 aromatic heterocycles. The molecule has 2 rings (SSSR count). The summed E-state index contributed by atoms with van der Waals surface area (Å²) in [7, 11) is 0. The highest BCUT2D eigenvalue weighted by atomic mass is 79.9. The van der Waals surface area contributed by atoms with Crippen molar-refractivity contribution in [2.24, 2.45) is 0 Å². The first-order valence-corrected chi connectivity index (χ1v) is 6.90. The molecule has 0 saturated carbocycles. The minimum atomic E-state index is -0.453.